The van der Waals surface area contributed by atoms with E-state index in [0.29, 0.717) is 13.2 Å². The van der Waals surface area contributed by atoms with E-state index in [2.05, 4.69) is 17.4 Å². The minimum atomic E-state index is -0.802. The highest BCUT2D eigenvalue weighted by Gasteiger charge is 2.30. The van der Waals surface area contributed by atoms with E-state index < -0.39 is 12.0 Å². The van der Waals surface area contributed by atoms with Gasteiger partial charge in [-0.2, -0.15) is 0 Å². The lowest BCUT2D eigenvalue weighted by Gasteiger charge is -2.28. The molecule has 0 fully saturated rings. The third-order valence-electron chi connectivity index (χ3n) is 3.67. The molecule has 4 nitrogen and oxygen atoms in total. The maximum Gasteiger partial charge on any atom is 0.321 e. The summed E-state index contributed by atoms with van der Waals surface area (Å²) in [5.74, 6) is -0.802. The summed E-state index contributed by atoms with van der Waals surface area (Å²) < 4.78 is 5.42. The quantitative estimate of drug-likeness (QED) is 0.887. The number of aliphatic carboxylic acids is 1. The van der Waals surface area contributed by atoms with Gasteiger partial charge in [0.05, 0.1) is 13.2 Å². The predicted octanol–water partition coefficient (Wildman–Crippen LogP) is 2.35. The lowest BCUT2D eigenvalue weighted by atomic mass is 9.86. The smallest absolute Gasteiger partial charge is 0.321 e. The van der Waals surface area contributed by atoms with Gasteiger partial charge in [0.2, 0.25) is 0 Å². The van der Waals surface area contributed by atoms with Gasteiger partial charge in [-0.05, 0) is 28.5 Å². The first kappa shape index (κ1) is 15.0. The SMILES string of the molecule is CC(C)(C)[C@@H](NCc1ccc2c(c1)CCOC2)C(=O)O. The zero-order chi connectivity index (χ0) is 14.8. The maximum absolute atomic E-state index is 11.3. The van der Waals surface area contributed by atoms with Crippen LogP contribution >= 0.6 is 0 Å². The van der Waals surface area contributed by atoms with Crippen LogP contribution in [-0.4, -0.2) is 23.7 Å². The Morgan fingerprint density at radius 3 is 2.80 bits per heavy atom. The second-order valence-corrected chi connectivity index (χ2v) is 6.42. The van der Waals surface area contributed by atoms with Crippen LogP contribution in [0.5, 0.6) is 0 Å². The zero-order valence-corrected chi connectivity index (χ0v) is 12.4. The number of ether oxygens (including phenoxy) is 1. The second kappa shape index (κ2) is 5.94. The summed E-state index contributed by atoms with van der Waals surface area (Å²) in [6.45, 7) is 7.82. The summed E-state index contributed by atoms with van der Waals surface area (Å²) >= 11 is 0. The molecule has 0 saturated heterocycles. The van der Waals surface area contributed by atoms with Gasteiger partial charge < -0.3 is 9.84 Å². The molecule has 1 aliphatic heterocycles. The van der Waals surface area contributed by atoms with E-state index in [9.17, 15) is 9.90 Å². The Morgan fingerprint density at radius 1 is 1.40 bits per heavy atom. The van der Waals surface area contributed by atoms with Gasteiger partial charge >= 0.3 is 5.97 Å². The maximum atomic E-state index is 11.3. The average molecular weight is 277 g/mol. The lowest BCUT2D eigenvalue weighted by Crippen LogP contribution is -2.46. The Kier molecular flexibility index (Phi) is 4.45. The van der Waals surface area contributed by atoms with Crippen LogP contribution in [0, 0.1) is 5.41 Å². The van der Waals surface area contributed by atoms with Crippen molar-refractivity contribution in [3.05, 3.63) is 34.9 Å². The van der Waals surface area contributed by atoms with Crippen LogP contribution in [0.3, 0.4) is 0 Å². The molecule has 1 aromatic rings. The minimum absolute atomic E-state index is 0.312. The Morgan fingerprint density at radius 2 is 2.15 bits per heavy atom. The number of carboxylic acid groups (broad SMARTS) is 1. The van der Waals surface area contributed by atoms with Crippen molar-refractivity contribution < 1.29 is 14.6 Å². The highest BCUT2D eigenvalue weighted by atomic mass is 16.5. The number of hydrogen-bond donors (Lipinski definition) is 2. The van der Waals surface area contributed by atoms with Gasteiger partial charge in [-0.1, -0.05) is 39.0 Å². The monoisotopic (exact) mass is 277 g/mol. The molecule has 110 valence electrons. The van der Waals surface area contributed by atoms with Crippen molar-refractivity contribution in [1.29, 1.82) is 0 Å². The lowest BCUT2D eigenvalue weighted by molar-refractivity contribution is -0.142. The highest BCUT2D eigenvalue weighted by molar-refractivity contribution is 5.74. The number of benzene rings is 1. The predicted molar refractivity (Wildman–Crippen MR) is 77.5 cm³/mol. The molecule has 1 aliphatic rings. The van der Waals surface area contributed by atoms with Crippen molar-refractivity contribution in [2.24, 2.45) is 5.41 Å². The number of carbonyl (C=O) groups is 1. The van der Waals surface area contributed by atoms with Crippen LogP contribution in [0.25, 0.3) is 0 Å². The van der Waals surface area contributed by atoms with Gasteiger partial charge in [0.15, 0.2) is 0 Å². The zero-order valence-electron chi connectivity index (χ0n) is 12.4. The summed E-state index contributed by atoms with van der Waals surface area (Å²) in [5, 5.41) is 12.5. The molecular weight excluding hydrogens is 254 g/mol. The largest absolute Gasteiger partial charge is 0.480 e. The fourth-order valence-corrected chi connectivity index (χ4v) is 2.51. The number of nitrogens with one attached hydrogen (secondary N) is 1. The third kappa shape index (κ3) is 3.58. The fraction of sp³-hybridized carbons (Fsp3) is 0.562. The molecule has 4 heteroatoms. The molecule has 1 aromatic carbocycles. The molecule has 0 aromatic heterocycles. The van der Waals surface area contributed by atoms with Gasteiger partial charge in [-0.15, -0.1) is 0 Å². The van der Waals surface area contributed by atoms with Crippen molar-refractivity contribution >= 4 is 5.97 Å². The number of fused-ring (bicyclic) bond motifs is 1. The first-order chi connectivity index (χ1) is 9.38. The normalized spacial score (nSPS) is 16.6. The Hall–Kier alpha value is -1.39. The van der Waals surface area contributed by atoms with Crippen molar-refractivity contribution in [3.63, 3.8) is 0 Å². The van der Waals surface area contributed by atoms with Crippen LogP contribution in [0.1, 0.15) is 37.5 Å². The highest BCUT2D eigenvalue weighted by Crippen LogP contribution is 2.21. The summed E-state index contributed by atoms with van der Waals surface area (Å²) in [6.07, 6.45) is 0.935. The molecule has 1 heterocycles. The number of hydrogen-bond acceptors (Lipinski definition) is 3. The summed E-state index contributed by atoms with van der Waals surface area (Å²) in [7, 11) is 0. The molecular formula is C16H23NO3. The molecule has 0 aliphatic carbocycles. The fourth-order valence-electron chi connectivity index (χ4n) is 2.51. The van der Waals surface area contributed by atoms with E-state index in [1.54, 1.807) is 0 Å². The second-order valence-electron chi connectivity index (χ2n) is 6.42. The first-order valence-electron chi connectivity index (χ1n) is 7.02. The molecule has 0 unspecified atom stereocenters. The standard InChI is InChI=1S/C16H23NO3/c1-16(2,3)14(15(18)19)17-9-11-4-5-13-10-20-7-6-12(13)8-11/h4-5,8,14,17H,6-7,9-10H2,1-3H3,(H,18,19)/t14-/m0/s1. The van der Waals surface area contributed by atoms with E-state index in [0.717, 1.165) is 18.6 Å². The summed E-state index contributed by atoms with van der Waals surface area (Å²) in [4.78, 5) is 11.3. The molecule has 0 spiro atoms. The van der Waals surface area contributed by atoms with E-state index >= 15 is 0 Å². The molecule has 0 radical (unpaired) electrons. The van der Waals surface area contributed by atoms with E-state index in [-0.39, 0.29) is 5.41 Å². The molecule has 0 amide bonds. The Balaban J connectivity index is 2.05. The van der Waals surface area contributed by atoms with Crippen molar-refractivity contribution in [1.82, 2.24) is 5.32 Å². The minimum Gasteiger partial charge on any atom is -0.480 e. The van der Waals surface area contributed by atoms with Crippen molar-refractivity contribution in [2.75, 3.05) is 6.61 Å². The number of carboxylic acids is 1. The molecule has 20 heavy (non-hydrogen) atoms. The van der Waals surface area contributed by atoms with Gasteiger partial charge in [0.1, 0.15) is 6.04 Å². The first-order valence-corrected chi connectivity index (χ1v) is 7.02. The van der Waals surface area contributed by atoms with Crippen molar-refractivity contribution in [3.8, 4) is 0 Å². The molecule has 0 saturated carbocycles. The Labute approximate surface area is 120 Å². The topological polar surface area (TPSA) is 58.6 Å². The van der Waals surface area contributed by atoms with Gasteiger partial charge in [-0.3, -0.25) is 10.1 Å². The van der Waals surface area contributed by atoms with Crippen LogP contribution in [-0.2, 0) is 29.1 Å². The molecule has 1 atom stereocenters. The van der Waals surface area contributed by atoms with Crippen LogP contribution in [0.4, 0.5) is 0 Å². The van der Waals surface area contributed by atoms with Crippen LogP contribution in [0.15, 0.2) is 18.2 Å². The number of rotatable bonds is 4. The van der Waals surface area contributed by atoms with Gasteiger partial charge in [-0.25, -0.2) is 0 Å². The molecule has 0 bridgehead atoms. The summed E-state index contributed by atoms with van der Waals surface area (Å²) in [5.41, 5.74) is 3.37. The van der Waals surface area contributed by atoms with Crippen LogP contribution < -0.4 is 5.32 Å². The van der Waals surface area contributed by atoms with Crippen molar-refractivity contribution in [2.45, 2.75) is 46.4 Å². The molecule has 2 N–H and O–H groups in total. The van der Waals surface area contributed by atoms with Crippen LogP contribution in [0.2, 0.25) is 0 Å². The van der Waals surface area contributed by atoms with E-state index in [1.807, 2.05) is 26.8 Å². The third-order valence-corrected chi connectivity index (χ3v) is 3.67. The van der Waals surface area contributed by atoms with E-state index in [1.165, 1.54) is 11.1 Å². The molecule has 2 rings (SSSR count). The average Bonchev–Trinajstić information content (AvgIpc) is 2.36. The van der Waals surface area contributed by atoms with Gasteiger partial charge in [0.25, 0.3) is 0 Å². The van der Waals surface area contributed by atoms with E-state index in [4.69, 9.17) is 4.74 Å². The Bertz CT molecular complexity index is 491. The van der Waals surface area contributed by atoms with Gasteiger partial charge in [0, 0.05) is 6.54 Å². The summed E-state index contributed by atoms with van der Waals surface area (Å²) in [6, 6.07) is 5.73.